The molecule has 0 spiro atoms. The van der Waals surface area contributed by atoms with Gasteiger partial charge in [-0.15, -0.1) is 0 Å². The molecule has 0 radical (unpaired) electrons. The van der Waals surface area contributed by atoms with E-state index >= 15 is 0 Å². The Hall–Kier alpha value is -1.59. The summed E-state index contributed by atoms with van der Waals surface area (Å²) in [7, 11) is 1.78. The van der Waals surface area contributed by atoms with Crippen molar-refractivity contribution >= 4 is 11.7 Å². The third kappa shape index (κ3) is 3.45. The van der Waals surface area contributed by atoms with Gasteiger partial charge in [0.25, 0.3) is 0 Å². The molecular formula is C14H20N2O3. The van der Waals surface area contributed by atoms with Crippen molar-refractivity contribution in [2.75, 3.05) is 25.6 Å². The van der Waals surface area contributed by atoms with Gasteiger partial charge in [-0.25, -0.2) is 4.79 Å². The zero-order valence-corrected chi connectivity index (χ0v) is 11.3. The minimum absolute atomic E-state index is 0.139. The third-order valence-corrected chi connectivity index (χ3v) is 3.42. The highest BCUT2D eigenvalue weighted by atomic mass is 16.5. The zero-order valence-electron chi connectivity index (χ0n) is 11.3. The number of urea groups is 1. The van der Waals surface area contributed by atoms with Crippen LogP contribution in [-0.2, 0) is 4.74 Å². The molecule has 1 fully saturated rings. The van der Waals surface area contributed by atoms with Gasteiger partial charge in [0, 0.05) is 19.3 Å². The number of carbonyl (C=O) groups is 1. The maximum absolute atomic E-state index is 12.0. The first kappa shape index (κ1) is 13.8. The second kappa shape index (κ2) is 6.04. The van der Waals surface area contributed by atoms with Gasteiger partial charge < -0.3 is 20.1 Å². The van der Waals surface area contributed by atoms with E-state index in [9.17, 15) is 9.90 Å². The van der Waals surface area contributed by atoms with Crippen LogP contribution in [0.2, 0.25) is 0 Å². The summed E-state index contributed by atoms with van der Waals surface area (Å²) >= 11 is 0. The van der Waals surface area contributed by atoms with Crippen LogP contribution < -0.4 is 5.32 Å². The molecule has 1 aliphatic rings. The van der Waals surface area contributed by atoms with E-state index < -0.39 is 6.10 Å². The standard InChI is InChI=1S/C14H20N2O3/c1-10(17)11-3-5-12(6-4-11)15-14(18)16(2)13-7-8-19-9-13/h3-6,10,13,17H,7-9H2,1-2H3,(H,15,18). The van der Waals surface area contributed by atoms with Crippen molar-refractivity contribution in [3.8, 4) is 0 Å². The van der Waals surface area contributed by atoms with Gasteiger partial charge >= 0.3 is 6.03 Å². The number of nitrogens with zero attached hydrogens (tertiary/aromatic N) is 1. The van der Waals surface area contributed by atoms with Crippen molar-refractivity contribution in [2.45, 2.75) is 25.5 Å². The van der Waals surface area contributed by atoms with E-state index in [1.807, 2.05) is 0 Å². The molecule has 2 N–H and O–H groups in total. The molecule has 1 aromatic carbocycles. The van der Waals surface area contributed by atoms with Crippen LogP contribution in [0.25, 0.3) is 0 Å². The lowest BCUT2D eigenvalue weighted by Gasteiger charge is -2.23. The number of ether oxygens (including phenoxy) is 1. The van der Waals surface area contributed by atoms with Crippen LogP contribution in [-0.4, -0.2) is 42.3 Å². The molecule has 2 amide bonds. The van der Waals surface area contributed by atoms with Gasteiger partial charge in [-0.2, -0.15) is 0 Å². The predicted molar refractivity (Wildman–Crippen MR) is 73.1 cm³/mol. The third-order valence-electron chi connectivity index (χ3n) is 3.42. The van der Waals surface area contributed by atoms with Crippen LogP contribution >= 0.6 is 0 Å². The molecule has 1 aliphatic heterocycles. The summed E-state index contributed by atoms with van der Waals surface area (Å²) in [6, 6.07) is 7.20. The minimum Gasteiger partial charge on any atom is -0.389 e. The van der Waals surface area contributed by atoms with Crippen LogP contribution in [0.15, 0.2) is 24.3 Å². The number of hydrogen-bond acceptors (Lipinski definition) is 3. The maximum atomic E-state index is 12.0. The molecule has 2 unspecified atom stereocenters. The highest BCUT2D eigenvalue weighted by molar-refractivity contribution is 5.89. The van der Waals surface area contributed by atoms with E-state index in [2.05, 4.69) is 5.32 Å². The number of likely N-dealkylation sites (N-methyl/N-ethyl adjacent to an activating group) is 1. The Morgan fingerprint density at radius 3 is 2.68 bits per heavy atom. The summed E-state index contributed by atoms with van der Waals surface area (Å²) in [6.07, 6.45) is 0.383. The normalized spacial score (nSPS) is 20.1. The van der Waals surface area contributed by atoms with E-state index in [-0.39, 0.29) is 12.1 Å². The molecule has 0 bridgehead atoms. The van der Waals surface area contributed by atoms with Crippen molar-refractivity contribution in [3.05, 3.63) is 29.8 Å². The Morgan fingerprint density at radius 1 is 1.47 bits per heavy atom. The fourth-order valence-corrected chi connectivity index (χ4v) is 2.05. The lowest BCUT2D eigenvalue weighted by molar-refractivity contribution is 0.164. The fourth-order valence-electron chi connectivity index (χ4n) is 2.05. The number of aliphatic hydroxyl groups is 1. The Kier molecular flexibility index (Phi) is 4.39. The molecule has 1 heterocycles. The first-order chi connectivity index (χ1) is 9.08. The molecule has 2 atom stereocenters. The van der Waals surface area contributed by atoms with Gasteiger partial charge in [-0.1, -0.05) is 12.1 Å². The van der Waals surface area contributed by atoms with E-state index in [1.165, 1.54) is 0 Å². The van der Waals surface area contributed by atoms with Crippen molar-refractivity contribution in [3.63, 3.8) is 0 Å². The number of hydrogen-bond donors (Lipinski definition) is 2. The van der Waals surface area contributed by atoms with Crippen LogP contribution in [0.1, 0.15) is 25.0 Å². The molecule has 2 rings (SSSR count). The van der Waals surface area contributed by atoms with Crippen molar-refractivity contribution in [1.29, 1.82) is 0 Å². The highest BCUT2D eigenvalue weighted by Crippen LogP contribution is 2.17. The number of benzene rings is 1. The topological polar surface area (TPSA) is 61.8 Å². The second-order valence-corrected chi connectivity index (χ2v) is 4.86. The largest absolute Gasteiger partial charge is 0.389 e. The fraction of sp³-hybridized carbons (Fsp3) is 0.500. The van der Waals surface area contributed by atoms with Gasteiger partial charge in [0.1, 0.15) is 0 Å². The van der Waals surface area contributed by atoms with Crippen LogP contribution in [0, 0.1) is 0 Å². The van der Waals surface area contributed by atoms with Crippen molar-refractivity contribution in [2.24, 2.45) is 0 Å². The van der Waals surface area contributed by atoms with Gasteiger partial charge in [0.15, 0.2) is 0 Å². The number of anilines is 1. The SMILES string of the molecule is CC(O)c1ccc(NC(=O)N(C)C2CCOC2)cc1. The van der Waals surface area contributed by atoms with E-state index in [4.69, 9.17) is 4.74 Å². The van der Waals surface area contributed by atoms with Crippen molar-refractivity contribution < 1.29 is 14.6 Å². The molecular weight excluding hydrogens is 244 g/mol. The van der Waals surface area contributed by atoms with E-state index in [1.54, 1.807) is 43.1 Å². The molecule has 1 aromatic rings. The van der Waals surface area contributed by atoms with Crippen molar-refractivity contribution in [1.82, 2.24) is 4.90 Å². The lowest BCUT2D eigenvalue weighted by atomic mass is 10.1. The molecule has 1 saturated heterocycles. The molecule has 104 valence electrons. The number of rotatable bonds is 3. The molecule has 0 saturated carbocycles. The molecule has 0 aliphatic carbocycles. The molecule has 19 heavy (non-hydrogen) atoms. The first-order valence-corrected chi connectivity index (χ1v) is 6.47. The predicted octanol–water partition coefficient (Wildman–Crippen LogP) is 1.99. The first-order valence-electron chi connectivity index (χ1n) is 6.47. The Labute approximate surface area is 113 Å². The summed E-state index contributed by atoms with van der Waals surface area (Å²) in [4.78, 5) is 13.7. The average Bonchev–Trinajstić information content (AvgIpc) is 2.92. The number of aliphatic hydroxyl groups excluding tert-OH is 1. The van der Waals surface area contributed by atoms with Crippen LogP contribution in [0.4, 0.5) is 10.5 Å². The Bertz CT molecular complexity index is 425. The highest BCUT2D eigenvalue weighted by Gasteiger charge is 2.24. The Balaban J connectivity index is 1.94. The summed E-state index contributed by atoms with van der Waals surface area (Å²) < 4.78 is 5.27. The van der Waals surface area contributed by atoms with Crippen LogP contribution in [0.5, 0.6) is 0 Å². The quantitative estimate of drug-likeness (QED) is 0.877. The number of amides is 2. The molecule has 5 nitrogen and oxygen atoms in total. The maximum Gasteiger partial charge on any atom is 0.321 e. The molecule has 0 aromatic heterocycles. The zero-order chi connectivity index (χ0) is 13.8. The second-order valence-electron chi connectivity index (χ2n) is 4.86. The number of carbonyl (C=O) groups excluding carboxylic acids is 1. The lowest BCUT2D eigenvalue weighted by Crippen LogP contribution is -2.40. The van der Waals surface area contributed by atoms with Gasteiger partial charge in [0.05, 0.1) is 18.8 Å². The summed E-state index contributed by atoms with van der Waals surface area (Å²) in [5, 5.41) is 12.3. The average molecular weight is 264 g/mol. The summed E-state index contributed by atoms with van der Waals surface area (Å²) in [5.74, 6) is 0. The Morgan fingerprint density at radius 2 is 2.16 bits per heavy atom. The van der Waals surface area contributed by atoms with E-state index in [0.717, 1.165) is 17.7 Å². The smallest absolute Gasteiger partial charge is 0.321 e. The summed E-state index contributed by atoms with van der Waals surface area (Å²) in [6.45, 7) is 3.03. The van der Waals surface area contributed by atoms with Crippen LogP contribution in [0.3, 0.4) is 0 Å². The van der Waals surface area contributed by atoms with Gasteiger partial charge in [-0.3, -0.25) is 0 Å². The summed E-state index contributed by atoms with van der Waals surface area (Å²) in [5.41, 5.74) is 1.55. The number of nitrogens with one attached hydrogen (secondary N) is 1. The minimum atomic E-state index is -0.497. The molecule has 5 heteroatoms. The van der Waals surface area contributed by atoms with Gasteiger partial charge in [0.2, 0.25) is 0 Å². The monoisotopic (exact) mass is 264 g/mol. The van der Waals surface area contributed by atoms with Gasteiger partial charge in [-0.05, 0) is 31.0 Å². The van der Waals surface area contributed by atoms with E-state index in [0.29, 0.717) is 13.2 Å².